The molecule has 1 N–H and O–H groups in total. The Morgan fingerprint density at radius 3 is 2.33 bits per heavy atom. The molecule has 128 valence electrons. The number of carbonyl (C=O) groups is 4. The lowest BCUT2D eigenvalue weighted by Gasteiger charge is -2.13. The summed E-state index contributed by atoms with van der Waals surface area (Å²) in [6.45, 7) is 2.31. The normalized spacial score (nSPS) is 14.0. The van der Waals surface area contributed by atoms with Gasteiger partial charge in [0.1, 0.15) is 0 Å². The van der Waals surface area contributed by atoms with E-state index in [1.807, 2.05) is 0 Å². The third-order valence-corrected chi connectivity index (χ3v) is 3.62. The number of esters is 1. The fourth-order valence-corrected chi connectivity index (χ4v) is 2.40. The Bertz CT molecular complexity index is 623. The minimum Gasteiger partial charge on any atom is -0.462 e. The van der Waals surface area contributed by atoms with Gasteiger partial charge in [-0.25, -0.2) is 4.79 Å². The first-order valence-electron chi connectivity index (χ1n) is 7.91. The lowest BCUT2D eigenvalue weighted by atomic mass is 10.2. The topological polar surface area (TPSA) is 92.8 Å². The highest BCUT2D eigenvalue weighted by molar-refractivity contribution is 6.02. The fourth-order valence-electron chi connectivity index (χ4n) is 2.40. The van der Waals surface area contributed by atoms with Crippen LogP contribution in [-0.2, 0) is 19.1 Å². The number of likely N-dealkylation sites (tertiary alicyclic amines) is 1. The maximum absolute atomic E-state index is 11.9. The Morgan fingerprint density at radius 2 is 1.75 bits per heavy atom. The Hall–Kier alpha value is -2.70. The second kappa shape index (κ2) is 8.24. The molecule has 0 unspecified atom stereocenters. The van der Waals surface area contributed by atoms with Gasteiger partial charge in [-0.1, -0.05) is 0 Å². The van der Waals surface area contributed by atoms with Crippen LogP contribution in [-0.4, -0.2) is 41.7 Å². The molecule has 1 aromatic rings. The number of benzene rings is 1. The van der Waals surface area contributed by atoms with Gasteiger partial charge in [0.05, 0.1) is 12.2 Å². The number of carbonyl (C=O) groups excluding carboxylic acids is 4. The minimum absolute atomic E-state index is 0.171. The van der Waals surface area contributed by atoms with E-state index < -0.39 is 5.97 Å². The van der Waals surface area contributed by atoms with Crippen molar-refractivity contribution in [2.45, 2.75) is 32.6 Å². The molecule has 1 aliphatic heterocycles. The molecule has 0 saturated carbocycles. The molecule has 1 fully saturated rings. The maximum Gasteiger partial charge on any atom is 0.338 e. The molecule has 2 rings (SSSR count). The van der Waals surface area contributed by atoms with Gasteiger partial charge in [-0.05, 0) is 37.6 Å². The number of hydrogen-bond acceptors (Lipinski definition) is 5. The second-order valence-electron chi connectivity index (χ2n) is 5.39. The van der Waals surface area contributed by atoms with Gasteiger partial charge in [-0.3, -0.25) is 19.3 Å². The maximum atomic E-state index is 11.9. The number of ether oxygens (including phenoxy) is 1. The Balaban J connectivity index is 1.77. The number of nitrogens with zero attached hydrogens (tertiary/aromatic N) is 1. The zero-order valence-electron chi connectivity index (χ0n) is 13.5. The SMILES string of the molecule is CCOC(=O)c1ccc(NC(=O)CCCN2C(=O)CCC2=O)cc1. The van der Waals surface area contributed by atoms with Gasteiger partial charge in [0, 0.05) is 31.5 Å². The molecule has 3 amide bonds. The van der Waals surface area contributed by atoms with Crippen molar-refractivity contribution in [2.75, 3.05) is 18.5 Å². The lowest BCUT2D eigenvalue weighted by Crippen LogP contribution is -2.30. The summed E-state index contributed by atoms with van der Waals surface area (Å²) in [6.07, 6.45) is 1.15. The summed E-state index contributed by atoms with van der Waals surface area (Å²) in [6, 6.07) is 6.40. The van der Waals surface area contributed by atoms with Gasteiger partial charge < -0.3 is 10.1 Å². The average Bonchev–Trinajstić information content (AvgIpc) is 2.87. The van der Waals surface area contributed by atoms with Gasteiger partial charge in [-0.15, -0.1) is 0 Å². The summed E-state index contributed by atoms with van der Waals surface area (Å²) >= 11 is 0. The molecule has 0 spiro atoms. The van der Waals surface area contributed by atoms with Crippen molar-refractivity contribution in [3.8, 4) is 0 Å². The first-order valence-corrected chi connectivity index (χ1v) is 7.91. The number of amides is 3. The third kappa shape index (κ3) is 4.65. The van der Waals surface area contributed by atoms with E-state index in [9.17, 15) is 19.2 Å². The predicted octanol–water partition coefficient (Wildman–Crippen LogP) is 1.73. The van der Waals surface area contributed by atoms with Crippen LogP contribution in [0.25, 0.3) is 0 Å². The second-order valence-corrected chi connectivity index (χ2v) is 5.39. The molecular weight excluding hydrogens is 312 g/mol. The van der Waals surface area contributed by atoms with E-state index in [2.05, 4.69) is 5.32 Å². The summed E-state index contributed by atoms with van der Waals surface area (Å²) in [5.41, 5.74) is 0.988. The van der Waals surface area contributed by atoms with Crippen molar-refractivity contribution in [3.63, 3.8) is 0 Å². The standard InChI is InChI=1S/C17H20N2O5/c1-2-24-17(23)12-5-7-13(8-6-12)18-14(20)4-3-11-19-15(21)9-10-16(19)22/h5-8H,2-4,9-11H2,1H3,(H,18,20). The highest BCUT2D eigenvalue weighted by Gasteiger charge is 2.28. The van der Waals surface area contributed by atoms with Crippen molar-refractivity contribution in [3.05, 3.63) is 29.8 Å². The molecule has 0 aliphatic carbocycles. The smallest absolute Gasteiger partial charge is 0.338 e. The van der Waals surface area contributed by atoms with Crippen molar-refractivity contribution in [2.24, 2.45) is 0 Å². The molecule has 7 nitrogen and oxygen atoms in total. The predicted molar refractivity (Wildman–Crippen MR) is 86.2 cm³/mol. The fraction of sp³-hybridized carbons (Fsp3) is 0.412. The largest absolute Gasteiger partial charge is 0.462 e. The van der Waals surface area contributed by atoms with Crippen LogP contribution in [0, 0.1) is 0 Å². The number of nitrogens with one attached hydrogen (secondary N) is 1. The number of rotatable bonds is 7. The molecule has 0 bridgehead atoms. The van der Waals surface area contributed by atoms with Crippen LogP contribution in [0.15, 0.2) is 24.3 Å². The number of hydrogen-bond donors (Lipinski definition) is 1. The Labute approximate surface area is 140 Å². The highest BCUT2D eigenvalue weighted by Crippen LogP contribution is 2.14. The number of anilines is 1. The summed E-state index contributed by atoms with van der Waals surface area (Å²) in [5.74, 6) is -0.960. The monoisotopic (exact) mass is 332 g/mol. The molecule has 1 aliphatic rings. The molecule has 7 heteroatoms. The van der Waals surface area contributed by atoms with Crippen molar-refractivity contribution in [1.29, 1.82) is 0 Å². The van der Waals surface area contributed by atoms with Crippen molar-refractivity contribution in [1.82, 2.24) is 4.90 Å². The van der Waals surface area contributed by atoms with Crippen LogP contribution in [0.2, 0.25) is 0 Å². The van der Waals surface area contributed by atoms with E-state index in [-0.39, 0.29) is 43.5 Å². The van der Waals surface area contributed by atoms with E-state index in [0.717, 1.165) is 0 Å². The van der Waals surface area contributed by atoms with Gasteiger partial charge >= 0.3 is 5.97 Å². The van der Waals surface area contributed by atoms with Crippen LogP contribution in [0.1, 0.15) is 43.0 Å². The first-order chi connectivity index (χ1) is 11.5. The quantitative estimate of drug-likeness (QED) is 0.606. The summed E-state index contributed by atoms with van der Waals surface area (Å²) in [5, 5.41) is 2.71. The highest BCUT2D eigenvalue weighted by atomic mass is 16.5. The molecular formula is C17H20N2O5. The first kappa shape index (κ1) is 17.7. The Morgan fingerprint density at radius 1 is 1.12 bits per heavy atom. The molecule has 1 aromatic carbocycles. The lowest BCUT2D eigenvalue weighted by molar-refractivity contribution is -0.138. The minimum atomic E-state index is -0.407. The van der Waals surface area contributed by atoms with Crippen LogP contribution >= 0.6 is 0 Å². The van der Waals surface area contributed by atoms with E-state index in [1.165, 1.54) is 4.90 Å². The van der Waals surface area contributed by atoms with Gasteiger partial charge in [-0.2, -0.15) is 0 Å². The van der Waals surface area contributed by atoms with Crippen LogP contribution in [0.5, 0.6) is 0 Å². The van der Waals surface area contributed by atoms with Crippen LogP contribution in [0.3, 0.4) is 0 Å². The van der Waals surface area contributed by atoms with E-state index >= 15 is 0 Å². The van der Waals surface area contributed by atoms with Gasteiger partial charge in [0.15, 0.2) is 0 Å². The van der Waals surface area contributed by atoms with Crippen molar-refractivity contribution >= 4 is 29.4 Å². The molecule has 1 saturated heterocycles. The van der Waals surface area contributed by atoms with Gasteiger partial charge in [0.2, 0.25) is 17.7 Å². The Kier molecular flexibility index (Phi) is 6.06. The zero-order chi connectivity index (χ0) is 17.5. The van der Waals surface area contributed by atoms with Gasteiger partial charge in [0.25, 0.3) is 0 Å². The third-order valence-electron chi connectivity index (χ3n) is 3.62. The summed E-state index contributed by atoms with van der Waals surface area (Å²) in [4.78, 5) is 47.5. The van der Waals surface area contributed by atoms with E-state index in [0.29, 0.717) is 24.3 Å². The molecule has 0 atom stereocenters. The van der Waals surface area contributed by atoms with Crippen LogP contribution < -0.4 is 5.32 Å². The molecule has 24 heavy (non-hydrogen) atoms. The molecule has 0 radical (unpaired) electrons. The van der Waals surface area contributed by atoms with E-state index in [1.54, 1.807) is 31.2 Å². The van der Waals surface area contributed by atoms with Crippen molar-refractivity contribution < 1.29 is 23.9 Å². The summed E-state index contributed by atoms with van der Waals surface area (Å²) < 4.78 is 4.88. The average molecular weight is 332 g/mol. The van der Waals surface area contributed by atoms with E-state index in [4.69, 9.17) is 4.74 Å². The molecule has 1 heterocycles. The summed E-state index contributed by atoms with van der Waals surface area (Å²) in [7, 11) is 0. The van der Waals surface area contributed by atoms with Crippen LogP contribution in [0.4, 0.5) is 5.69 Å². The molecule has 0 aromatic heterocycles. The number of imide groups is 1. The zero-order valence-corrected chi connectivity index (χ0v) is 13.5.